The lowest BCUT2D eigenvalue weighted by molar-refractivity contribution is 0.0696. The van der Waals surface area contributed by atoms with Gasteiger partial charge in [-0.3, -0.25) is 0 Å². The average Bonchev–Trinajstić information content (AvgIpc) is 2.65. The van der Waals surface area contributed by atoms with Gasteiger partial charge in [-0.2, -0.15) is 0 Å². The Kier molecular flexibility index (Phi) is 7.29. The van der Waals surface area contributed by atoms with Crippen molar-refractivity contribution in [1.29, 1.82) is 0 Å². The molecule has 0 spiro atoms. The van der Waals surface area contributed by atoms with Gasteiger partial charge in [-0.15, -0.1) is 0 Å². The van der Waals surface area contributed by atoms with Crippen molar-refractivity contribution in [3.63, 3.8) is 0 Å². The number of ether oxygens (including phenoxy) is 3. The van der Waals surface area contributed by atoms with E-state index in [-0.39, 0.29) is 0 Å². The molecule has 0 amide bonds. The number of carboxylic acid groups (broad SMARTS) is 1. The monoisotopic (exact) mass is 359 g/mol. The number of carbonyl (C=O) groups is 1. The highest BCUT2D eigenvalue weighted by Crippen LogP contribution is 2.27. The number of hydrogen-bond donors (Lipinski definition) is 1. The van der Waals surface area contributed by atoms with Crippen molar-refractivity contribution >= 4 is 5.97 Å². The standard InChI is InChI=1S/C20H25NO5/c1-21(14-15-6-4-7-16(10-15)20(22)23)8-5-9-26-19-12-17(24-2)11-18(13-19)25-3/h4,6-7,10-13H,5,8-9,14H2,1-3H3,(H,22,23). The van der Waals surface area contributed by atoms with E-state index in [0.717, 1.165) is 18.5 Å². The SMILES string of the molecule is COc1cc(OC)cc(OCCCN(C)Cc2cccc(C(=O)O)c2)c1. The predicted octanol–water partition coefficient (Wildman–Crippen LogP) is 3.30. The second kappa shape index (κ2) is 9.68. The van der Waals surface area contributed by atoms with Gasteiger partial charge >= 0.3 is 5.97 Å². The zero-order valence-corrected chi connectivity index (χ0v) is 15.4. The first-order chi connectivity index (χ1) is 12.5. The third-order valence-corrected chi connectivity index (χ3v) is 3.90. The number of methoxy groups -OCH3 is 2. The molecule has 2 rings (SSSR count). The van der Waals surface area contributed by atoms with Crippen LogP contribution in [-0.4, -0.2) is 50.4 Å². The van der Waals surface area contributed by atoms with Crippen molar-refractivity contribution in [2.75, 3.05) is 34.4 Å². The van der Waals surface area contributed by atoms with Crippen molar-refractivity contribution in [3.05, 3.63) is 53.6 Å². The Morgan fingerprint density at radius 2 is 1.69 bits per heavy atom. The molecule has 0 unspecified atom stereocenters. The van der Waals surface area contributed by atoms with Gasteiger partial charge in [0.1, 0.15) is 17.2 Å². The molecule has 0 aromatic heterocycles. The summed E-state index contributed by atoms with van der Waals surface area (Å²) in [5.41, 5.74) is 1.29. The molecule has 26 heavy (non-hydrogen) atoms. The van der Waals surface area contributed by atoms with Crippen LogP contribution >= 0.6 is 0 Å². The highest BCUT2D eigenvalue weighted by atomic mass is 16.5. The van der Waals surface area contributed by atoms with Crippen LogP contribution in [0.2, 0.25) is 0 Å². The maximum atomic E-state index is 11.0. The van der Waals surface area contributed by atoms with E-state index < -0.39 is 5.97 Å². The lowest BCUT2D eigenvalue weighted by Crippen LogP contribution is -2.21. The number of nitrogens with zero attached hydrogens (tertiary/aromatic N) is 1. The Balaban J connectivity index is 1.79. The summed E-state index contributed by atoms with van der Waals surface area (Å²) in [6.07, 6.45) is 0.842. The van der Waals surface area contributed by atoms with E-state index in [2.05, 4.69) is 4.90 Å². The van der Waals surface area contributed by atoms with Crippen molar-refractivity contribution in [2.45, 2.75) is 13.0 Å². The van der Waals surface area contributed by atoms with E-state index in [1.54, 1.807) is 38.5 Å². The molecule has 1 N–H and O–H groups in total. The van der Waals surface area contributed by atoms with Gasteiger partial charge < -0.3 is 24.2 Å². The number of aromatic carboxylic acids is 1. The van der Waals surface area contributed by atoms with E-state index >= 15 is 0 Å². The van der Waals surface area contributed by atoms with E-state index in [9.17, 15) is 4.79 Å². The van der Waals surface area contributed by atoms with Crippen LogP contribution in [0.15, 0.2) is 42.5 Å². The first-order valence-electron chi connectivity index (χ1n) is 8.38. The third-order valence-electron chi connectivity index (χ3n) is 3.90. The molecule has 0 aliphatic rings. The Bertz CT molecular complexity index is 710. The second-order valence-corrected chi connectivity index (χ2v) is 5.99. The maximum absolute atomic E-state index is 11.0. The van der Waals surface area contributed by atoms with Crippen LogP contribution in [0, 0.1) is 0 Å². The zero-order chi connectivity index (χ0) is 18.9. The Morgan fingerprint density at radius 3 is 2.31 bits per heavy atom. The van der Waals surface area contributed by atoms with Crippen molar-refractivity contribution in [3.8, 4) is 17.2 Å². The van der Waals surface area contributed by atoms with E-state index in [0.29, 0.717) is 36.0 Å². The minimum atomic E-state index is -0.906. The fourth-order valence-corrected chi connectivity index (χ4v) is 2.58. The molecule has 0 saturated carbocycles. The Hall–Kier alpha value is -2.73. The molecule has 0 radical (unpaired) electrons. The molecule has 0 fully saturated rings. The summed E-state index contributed by atoms with van der Waals surface area (Å²) in [6.45, 7) is 2.09. The minimum Gasteiger partial charge on any atom is -0.496 e. The van der Waals surface area contributed by atoms with Gasteiger partial charge in [-0.1, -0.05) is 12.1 Å². The van der Waals surface area contributed by atoms with Crippen LogP contribution in [-0.2, 0) is 6.54 Å². The fraction of sp³-hybridized carbons (Fsp3) is 0.350. The van der Waals surface area contributed by atoms with Crippen molar-refractivity contribution in [2.24, 2.45) is 0 Å². The number of hydrogen-bond acceptors (Lipinski definition) is 5. The molecule has 0 heterocycles. The van der Waals surface area contributed by atoms with Crippen LogP contribution in [0.5, 0.6) is 17.2 Å². The van der Waals surface area contributed by atoms with E-state index in [1.165, 1.54) is 0 Å². The quantitative estimate of drug-likeness (QED) is 0.657. The van der Waals surface area contributed by atoms with Crippen LogP contribution in [0.4, 0.5) is 0 Å². The second-order valence-electron chi connectivity index (χ2n) is 5.99. The fourth-order valence-electron chi connectivity index (χ4n) is 2.58. The Labute approximate surface area is 153 Å². The average molecular weight is 359 g/mol. The molecule has 0 aliphatic carbocycles. The molecule has 2 aromatic rings. The molecule has 0 bridgehead atoms. The van der Waals surface area contributed by atoms with Gasteiger partial charge in [0.2, 0.25) is 0 Å². The van der Waals surface area contributed by atoms with Crippen molar-refractivity contribution in [1.82, 2.24) is 4.90 Å². The van der Waals surface area contributed by atoms with Crippen LogP contribution < -0.4 is 14.2 Å². The molecule has 6 nitrogen and oxygen atoms in total. The molecule has 2 aromatic carbocycles. The summed E-state index contributed by atoms with van der Waals surface area (Å²) in [4.78, 5) is 13.2. The first kappa shape index (κ1) is 19.6. The summed E-state index contributed by atoms with van der Waals surface area (Å²) >= 11 is 0. The topological polar surface area (TPSA) is 68.2 Å². The molecule has 0 aliphatic heterocycles. The molecular formula is C20H25NO5. The van der Waals surface area contributed by atoms with Gasteiger partial charge in [0.25, 0.3) is 0 Å². The summed E-state index contributed by atoms with van der Waals surface area (Å²) in [5, 5.41) is 9.05. The molecule has 6 heteroatoms. The third kappa shape index (κ3) is 5.97. The van der Waals surface area contributed by atoms with Gasteiger partial charge in [0.05, 0.1) is 26.4 Å². The summed E-state index contributed by atoms with van der Waals surface area (Å²) in [6, 6.07) is 12.5. The molecule has 0 saturated heterocycles. The minimum absolute atomic E-state index is 0.311. The normalized spacial score (nSPS) is 10.6. The highest BCUT2D eigenvalue weighted by molar-refractivity contribution is 5.87. The number of benzene rings is 2. The molecular weight excluding hydrogens is 334 g/mol. The number of rotatable bonds is 10. The summed E-state index contributed by atoms with van der Waals surface area (Å²) in [7, 11) is 5.21. The molecule has 140 valence electrons. The van der Waals surface area contributed by atoms with Crippen LogP contribution in [0.1, 0.15) is 22.3 Å². The molecule has 0 atom stereocenters. The van der Waals surface area contributed by atoms with Gasteiger partial charge in [-0.05, 0) is 31.2 Å². The van der Waals surface area contributed by atoms with Gasteiger partial charge in [-0.25, -0.2) is 4.79 Å². The number of carboxylic acids is 1. The first-order valence-corrected chi connectivity index (χ1v) is 8.38. The van der Waals surface area contributed by atoms with E-state index in [1.807, 2.05) is 25.2 Å². The van der Waals surface area contributed by atoms with Gasteiger partial charge in [0.15, 0.2) is 0 Å². The van der Waals surface area contributed by atoms with Gasteiger partial charge in [0, 0.05) is 31.3 Å². The summed E-state index contributed by atoms with van der Waals surface area (Å²) in [5.74, 6) is 1.18. The zero-order valence-electron chi connectivity index (χ0n) is 15.4. The highest BCUT2D eigenvalue weighted by Gasteiger charge is 2.06. The predicted molar refractivity (Wildman–Crippen MR) is 99.4 cm³/mol. The largest absolute Gasteiger partial charge is 0.496 e. The summed E-state index contributed by atoms with van der Waals surface area (Å²) < 4.78 is 16.2. The maximum Gasteiger partial charge on any atom is 0.335 e. The van der Waals surface area contributed by atoms with Crippen LogP contribution in [0.25, 0.3) is 0 Å². The van der Waals surface area contributed by atoms with Crippen molar-refractivity contribution < 1.29 is 24.1 Å². The lowest BCUT2D eigenvalue weighted by atomic mass is 10.1. The Morgan fingerprint density at radius 1 is 1.04 bits per heavy atom. The lowest BCUT2D eigenvalue weighted by Gasteiger charge is -2.17. The van der Waals surface area contributed by atoms with E-state index in [4.69, 9.17) is 19.3 Å². The smallest absolute Gasteiger partial charge is 0.335 e. The van der Waals surface area contributed by atoms with Crippen LogP contribution in [0.3, 0.4) is 0 Å².